The fraction of sp³-hybridized carbons (Fsp3) is 0.368. The van der Waals surface area contributed by atoms with E-state index in [1.807, 2.05) is 0 Å². The van der Waals surface area contributed by atoms with Gasteiger partial charge in [0.05, 0.1) is 5.75 Å². The first-order valence-electron chi connectivity index (χ1n) is 8.77. The predicted octanol–water partition coefficient (Wildman–Crippen LogP) is 2.61. The first-order chi connectivity index (χ1) is 13.2. The Kier molecular flexibility index (Phi) is 6.60. The van der Waals surface area contributed by atoms with Crippen LogP contribution in [0.3, 0.4) is 0 Å². The lowest BCUT2D eigenvalue weighted by atomic mass is 9.96. The molecule has 2 aromatic rings. The van der Waals surface area contributed by atoms with Crippen molar-refractivity contribution in [3.63, 3.8) is 0 Å². The van der Waals surface area contributed by atoms with Crippen LogP contribution in [-0.4, -0.2) is 41.3 Å². The van der Waals surface area contributed by atoms with Gasteiger partial charge < -0.3 is 10.2 Å². The van der Waals surface area contributed by atoms with Crippen molar-refractivity contribution in [1.82, 2.24) is 15.3 Å². The van der Waals surface area contributed by atoms with Gasteiger partial charge in [0.15, 0.2) is 11.5 Å². The molecule has 0 radical (unpaired) electrons. The molecule has 27 heavy (non-hydrogen) atoms. The first-order valence-corrected chi connectivity index (χ1v) is 9.75. The molecule has 2 heterocycles. The maximum Gasteiger partial charge on any atom is 0.230 e. The van der Waals surface area contributed by atoms with Crippen LogP contribution in [0.4, 0.5) is 10.2 Å². The molecule has 0 spiro atoms. The van der Waals surface area contributed by atoms with E-state index in [9.17, 15) is 9.18 Å². The molecular formula is C19H20FN5OS. The number of hydrogen-bond acceptors (Lipinski definition) is 6. The van der Waals surface area contributed by atoms with Crippen LogP contribution in [0.1, 0.15) is 18.5 Å². The van der Waals surface area contributed by atoms with E-state index in [4.69, 9.17) is 5.26 Å². The van der Waals surface area contributed by atoms with Crippen LogP contribution in [0.5, 0.6) is 0 Å². The SMILES string of the molecule is N#Cc1nccnc1N1CCC(CNC(=O)CSc2ccc(F)cc2)CC1. The normalized spacial score (nSPS) is 14.6. The summed E-state index contributed by atoms with van der Waals surface area (Å²) in [7, 11) is 0. The van der Waals surface area contributed by atoms with Gasteiger partial charge in [-0.15, -0.1) is 11.8 Å². The summed E-state index contributed by atoms with van der Waals surface area (Å²) in [5.41, 5.74) is 0.349. The van der Waals surface area contributed by atoms with Crippen LogP contribution in [-0.2, 0) is 4.79 Å². The van der Waals surface area contributed by atoms with Gasteiger partial charge in [0.2, 0.25) is 5.91 Å². The number of benzene rings is 1. The fourth-order valence-electron chi connectivity index (χ4n) is 2.98. The van der Waals surface area contributed by atoms with E-state index in [-0.39, 0.29) is 11.7 Å². The molecule has 6 nitrogen and oxygen atoms in total. The Morgan fingerprint density at radius 3 is 2.67 bits per heavy atom. The Labute approximate surface area is 161 Å². The molecule has 1 fully saturated rings. The van der Waals surface area contributed by atoms with Crippen molar-refractivity contribution in [2.75, 3.05) is 30.3 Å². The molecule has 1 aromatic heterocycles. The predicted molar refractivity (Wildman–Crippen MR) is 102 cm³/mol. The van der Waals surface area contributed by atoms with Gasteiger partial charge in [-0.25, -0.2) is 14.4 Å². The third kappa shape index (κ3) is 5.41. The van der Waals surface area contributed by atoms with Crippen LogP contribution in [0.2, 0.25) is 0 Å². The lowest BCUT2D eigenvalue weighted by Crippen LogP contribution is -2.39. The summed E-state index contributed by atoms with van der Waals surface area (Å²) in [4.78, 5) is 23.3. The Morgan fingerprint density at radius 2 is 1.96 bits per heavy atom. The molecule has 8 heteroatoms. The molecule has 140 valence electrons. The zero-order chi connectivity index (χ0) is 19.1. The number of amides is 1. The first kappa shape index (κ1) is 19.1. The minimum Gasteiger partial charge on any atom is -0.355 e. The molecule has 1 aliphatic rings. The number of halogens is 1. The van der Waals surface area contributed by atoms with Crippen LogP contribution in [0.15, 0.2) is 41.6 Å². The van der Waals surface area contributed by atoms with Crippen molar-refractivity contribution in [3.8, 4) is 6.07 Å². The third-order valence-corrected chi connectivity index (χ3v) is 5.48. The molecule has 1 aliphatic heterocycles. The molecule has 0 unspecified atom stereocenters. The van der Waals surface area contributed by atoms with Gasteiger partial charge in [-0.05, 0) is 43.0 Å². The number of carbonyl (C=O) groups excluding carboxylic acids is 1. The van der Waals surface area contributed by atoms with Gasteiger partial charge in [0, 0.05) is 36.9 Å². The number of nitrogens with zero attached hydrogens (tertiary/aromatic N) is 4. The van der Waals surface area contributed by atoms with Crippen molar-refractivity contribution in [1.29, 1.82) is 5.26 Å². The smallest absolute Gasteiger partial charge is 0.230 e. The second kappa shape index (κ2) is 9.33. The van der Waals surface area contributed by atoms with Crippen molar-refractivity contribution < 1.29 is 9.18 Å². The highest BCUT2D eigenvalue weighted by molar-refractivity contribution is 8.00. The maximum atomic E-state index is 12.9. The second-order valence-corrected chi connectivity index (χ2v) is 7.37. The molecule has 1 N–H and O–H groups in total. The lowest BCUT2D eigenvalue weighted by molar-refractivity contribution is -0.118. The number of anilines is 1. The van der Waals surface area contributed by atoms with E-state index in [2.05, 4.69) is 26.3 Å². The van der Waals surface area contributed by atoms with Gasteiger partial charge in [0.1, 0.15) is 11.9 Å². The summed E-state index contributed by atoms with van der Waals surface area (Å²) in [6.45, 7) is 2.22. The van der Waals surface area contributed by atoms with E-state index in [1.165, 1.54) is 30.1 Å². The van der Waals surface area contributed by atoms with Crippen molar-refractivity contribution in [2.45, 2.75) is 17.7 Å². The standard InChI is InChI=1S/C19H20FN5OS/c20-15-1-3-16(4-2-15)27-13-18(26)24-12-14-5-9-25(10-6-14)19-17(11-21)22-7-8-23-19/h1-4,7-8,14H,5-6,9-10,12-13H2,(H,24,26). The maximum absolute atomic E-state index is 12.9. The third-order valence-electron chi connectivity index (χ3n) is 4.47. The number of aromatic nitrogens is 2. The summed E-state index contributed by atoms with van der Waals surface area (Å²) in [6, 6.07) is 8.21. The Bertz CT molecular complexity index is 816. The number of piperidine rings is 1. The van der Waals surface area contributed by atoms with E-state index >= 15 is 0 Å². The second-order valence-electron chi connectivity index (χ2n) is 6.32. The molecule has 0 saturated carbocycles. The fourth-order valence-corrected chi connectivity index (χ4v) is 3.71. The van der Waals surface area contributed by atoms with Crippen molar-refractivity contribution >= 4 is 23.5 Å². The summed E-state index contributed by atoms with van der Waals surface area (Å²) >= 11 is 1.39. The Hall–Kier alpha value is -2.66. The summed E-state index contributed by atoms with van der Waals surface area (Å²) in [5, 5.41) is 12.1. The molecule has 1 saturated heterocycles. The average Bonchev–Trinajstić information content (AvgIpc) is 2.72. The number of hydrogen-bond donors (Lipinski definition) is 1. The number of nitrogens with one attached hydrogen (secondary N) is 1. The van der Waals surface area contributed by atoms with Gasteiger partial charge in [-0.1, -0.05) is 0 Å². The quantitative estimate of drug-likeness (QED) is 0.770. The number of nitriles is 1. The van der Waals surface area contributed by atoms with E-state index in [0.717, 1.165) is 30.8 Å². The molecule has 3 rings (SSSR count). The van der Waals surface area contributed by atoms with Crippen LogP contribution < -0.4 is 10.2 Å². The summed E-state index contributed by atoms with van der Waals surface area (Å²) < 4.78 is 12.9. The number of carbonyl (C=O) groups is 1. The highest BCUT2D eigenvalue weighted by Gasteiger charge is 2.22. The van der Waals surface area contributed by atoms with Gasteiger partial charge in [0.25, 0.3) is 0 Å². The number of rotatable bonds is 6. The largest absolute Gasteiger partial charge is 0.355 e. The number of thioether (sulfide) groups is 1. The topological polar surface area (TPSA) is 81.9 Å². The van der Waals surface area contributed by atoms with Crippen LogP contribution >= 0.6 is 11.8 Å². The molecule has 0 aliphatic carbocycles. The zero-order valence-corrected chi connectivity index (χ0v) is 15.6. The highest BCUT2D eigenvalue weighted by Crippen LogP contribution is 2.23. The molecular weight excluding hydrogens is 365 g/mol. The highest BCUT2D eigenvalue weighted by atomic mass is 32.2. The van der Waals surface area contributed by atoms with E-state index < -0.39 is 0 Å². The molecule has 0 atom stereocenters. The Morgan fingerprint density at radius 1 is 1.26 bits per heavy atom. The monoisotopic (exact) mass is 385 g/mol. The van der Waals surface area contributed by atoms with E-state index in [0.29, 0.717) is 29.7 Å². The van der Waals surface area contributed by atoms with Gasteiger partial charge >= 0.3 is 0 Å². The average molecular weight is 385 g/mol. The molecule has 1 amide bonds. The van der Waals surface area contributed by atoms with E-state index in [1.54, 1.807) is 18.3 Å². The Balaban J connectivity index is 1.40. The lowest BCUT2D eigenvalue weighted by Gasteiger charge is -2.32. The van der Waals surface area contributed by atoms with Gasteiger partial charge in [-0.2, -0.15) is 5.26 Å². The van der Waals surface area contributed by atoms with Crippen LogP contribution in [0.25, 0.3) is 0 Å². The molecule has 0 bridgehead atoms. The summed E-state index contributed by atoms with van der Waals surface area (Å²) in [6.07, 6.45) is 4.97. The van der Waals surface area contributed by atoms with Crippen molar-refractivity contribution in [3.05, 3.63) is 48.2 Å². The van der Waals surface area contributed by atoms with Crippen LogP contribution in [0, 0.1) is 23.1 Å². The summed E-state index contributed by atoms with van der Waals surface area (Å²) in [5.74, 6) is 1.06. The minimum absolute atomic E-state index is 0.0209. The zero-order valence-electron chi connectivity index (χ0n) is 14.8. The van der Waals surface area contributed by atoms with Crippen molar-refractivity contribution in [2.24, 2.45) is 5.92 Å². The molecule has 1 aromatic carbocycles. The minimum atomic E-state index is -0.279. The van der Waals surface area contributed by atoms with Gasteiger partial charge in [-0.3, -0.25) is 4.79 Å².